The number of fused-ring (bicyclic) bond motifs is 1. The largest absolute Gasteiger partial charge is 0.352 e. The molecule has 0 amide bonds. The van der Waals surface area contributed by atoms with E-state index in [2.05, 4.69) is 42.5 Å². The summed E-state index contributed by atoms with van der Waals surface area (Å²) >= 11 is 0. The molecule has 1 aliphatic rings. The fourth-order valence-corrected chi connectivity index (χ4v) is 2.84. The van der Waals surface area contributed by atoms with Crippen molar-refractivity contribution in [3.8, 4) is 0 Å². The number of nitrogens with one attached hydrogen (secondary N) is 2. The summed E-state index contributed by atoms with van der Waals surface area (Å²) in [5.41, 5.74) is 1.23. The van der Waals surface area contributed by atoms with E-state index in [0.29, 0.717) is 6.54 Å². The summed E-state index contributed by atoms with van der Waals surface area (Å²) < 4.78 is 2.25. The molecular weight excluding hydrogens is 415 g/mol. The summed E-state index contributed by atoms with van der Waals surface area (Å²) in [6.07, 6.45) is 4.73. The molecular formula is C17H25IN6. The van der Waals surface area contributed by atoms with Crippen LogP contribution in [0.25, 0.3) is 0 Å². The van der Waals surface area contributed by atoms with Crippen molar-refractivity contribution in [1.29, 1.82) is 0 Å². The molecule has 6 nitrogen and oxygen atoms in total. The van der Waals surface area contributed by atoms with Crippen molar-refractivity contribution in [3.05, 3.63) is 47.5 Å². The lowest BCUT2D eigenvalue weighted by Crippen LogP contribution is -2.37. The van der Waals surface area contributed by atoms with Gasteiger partial charge in [0.25, 0.3) is 0 Å². The average Bonchev–Trinajstić information content (AvgIpc) is 2.83. The van der Waals surface area contributed by atoms with Gasteiger partial charge in [-0.05, 0) is 18.4 Å². The Labute approximate surface area is 160 Å². The fraction of sp³-hybridized carbons (Fsp3) is 0.471. The van der Waals surface area contributed by atoms with Gasteiger partial charge in [-0.15, -0.1) is 34.2 Å². The Hall–Kier alpha value is -1.64. The van der Waals surface area contributed by atoms with Gasteiger partial charge in [-0.1, -0.05) is 36.8 Å². The van der Waals surface area contributed by atoms with Gasteiger partial charge in [0.05, 0.1) is 6.54 Å². The molecule has 2 N–H and O–H groups in total. The number of guanidine groups is 1. The zero-order valence-electron chi connectivity index (χ0n) is 14.0. The van der Waals surface area contributed by atoms with Crippen LogP contribution < -0.4 is 10.6 Å². The molecule has 2 aromatic rings. The third kappa shape index (κ3) is 4.93. The number of hydrogen-bond donors (Lipinski definition) is 2. The van der Waals surface area contributed by atoms with Gasteiger partial charge in [0.15, 0.2) is 11.8 Å². The molecule has 0 saturated heterocycles. The maximum absolute atomic E-state index is 4.33. The minimum atomic E-state index is 0. The number of rotatable bonds is 4. The van der Waals surface area contributed by atoms with Crippen LogP contribution in [0.3, 0.4) is 0 Å². The Morgan fingerprint density at radius 3 is 2.67 bits per heavy atom. The molecule has 0 spiro atoms. The Kier molecular flexibility index (Phi) is 7.48. The molecule has 1 aromatic heterocycles. The van der Waals surface area contributed by atoms with Crippen molar-refractivity contribution in [3.63, 3.8) is 0 Å². The Morgan fingerprint density at radius 1 is 1.08 bits per heavy atom. The van der Waals surface area contributed by atoms with Gasteiger partial charge < -0.3 is 15.2 Å². The van der Waals surface area contributed by atoms with Crippen LogP contribution in [0.15, 0.2) is 35.3 Å². The molecule has 2 heterocycles. The first-order chi connectivity index (χ1) is 11.4. The van der Waals surface area contributed by atoms with Gasteiger partial charge in [-0.2, -0.15) is 0 Å². The highest BCUT2D eigenvalue weighted by molar-refractivity contribution is 14.0. The number of aliphatic imine (C=N–C) groups is 1. The standard InChI is InChI=1S/C17H24N6.HI/c1-18-17(19-12-14-8-4-2-5-9-14)20-13-16-22-21-15-10-6-3-7-11-23(15)16;/h2,4-5,8-9H,3,6-7,10-13H2,1H3,(H2,18,19,20);1H. The summed E-state index contributed by atoms with van der Waals surface area (Å²) in [6.45, 7) is 2.41. The van der Waals surface area contributed by atoms with E-state index in [0.717, 1.165) is 37.1 Å². The van der Waals surface area contributed by atoms with Crippen molar-refractivity contribution >= 4 is 29.9 Å². The molecule has 130 valence electrons. The number of hydrogen-bond acceptors (Lipinski definition) is 3. The number of aryl methyl sites for hydroxylation is 1. The van der Waals surface area contributed by atoms with Crippen LogP contribution in [0, 0.1) is 0 Å². The predicted molar refractivity (Wildman–Crippen MR) is 106 cm³/mol. The molecule has 1 aromatic carbocycles. The lowest BCUT2D eigenvalue weighted by atomic mass is 10.2. The van der Waals surface area contributed by atoms with Crippen LogP contribution in [0.1, 0.15) is 36.5 Å². The van der Waals surface area contributed by atoms with Crippen molar-refractivity contribution in [2.75, 3.05) is 7.05 Å². The smallest absolute Gasteiger partial charge is 0.191 e. The van der Waals surface area contributed by atoms with Crippen molar-refractivity contribution in [2.45, 2.75) is 45.3 Å². The summed E-state index contributed by atoms with van der Waals surface area (Å²) in [4.78, 5) is 4.27. The molecule has 0 radical (unpaired) electrons. The molecule has 7 heteroatoms. The lowest BCUT2D eigenvalue weighted by molar-refractivity contribution is 0.596. The van der Waals surface area contributed by atoms with Crippen LogP contribution in [0.4, 0.5) is 0 Å². The van der Waals surface area contributed by atoms with E-state index >= 15 is 0 Å². The van der Waals surface area contributed by atoms with Crippen LogP contribution in [-0.2, 0) is 26.1 Å². The van der Waals surface area contributed by atoms with E-state index in [-0.39, 0.29) is 24.0 Å². The predicted octanol–water partition coefficient (Wildman–Crippen LogP) is 2.49. The van der Waals surface area contributed by atoms with Gasteiger partial charge in [0, 0.05) is 26.6 Å². The molecule has 0 fully saturated rings. The van der Waals surface area contributed by atoms with E-state index in [4.69, 9.17) is 0 Å². The zero-order valence-corrected chi connectivity index (χ0v) is 16.4. The minimum Gasteiger partial charge on any atom is -0.352 e. The normalized spacial score (nSPS) is 14.3. The number of benzene rings is 1. The summed E-state index contributed by atoms with van der Waals surface area (Å²) in [7, 11) is 1.78. The quantitative estimate of drug-likeness (QED) is 0.436. The Bertz CT molecular complexity index is 652. The maximum Gasteiger partial charge on any atom is 0.191 e. The molecule has 24 heavy (non-hydrogen) atoms. The van der Waals surface area contributed by atoms with Gasteiger partial charge in [0.2, 0.25) is 0 Å². The maximum atomic E-state index is 4.33. The molecule has 3 rings (SSSR count). The zero-order chi connectivity index (χ0) is 15.9. The monoisotopic (exact) mass is 440 g/mol. The van der Waals surface area contributed by atoms with Crippen molar-refractivity contribution in [1.82, 2.24) is 25.4 Å². The summed E-state index contributed by atoms with van der Waals surface area (Å²) in [5.74, 6) is 2.89. The van der Waals surface area contributed by atoms with Crippen LogP contribution >= 0.6 is 24.0 Å². The first kappa shape index (κ1) is 18.7. The molecule has 0 saturated carbocycles. The van der Waals surface area contributed by atoms with Crippen LogP contribution in [-0.4, -0.2) is 27.8 Å². The number of aromatic nitrogens is 3. The van der Waals surface area contributed by atoms with Gasteiger partial charge in [-0.25, -0.2) is 0 Å². The SMILES string of the molecule is CN=C(NCc1ccccc1)NCc1nnc2n1CCCCC2.I. The lowest BCUT2D eigenvalue weighted by Gasteiger charge is -2.12. The van der Waals surface area contributed by atoms with E-state index in [1.54, 1.807) is 7.05 Å². The molecule has 0 unspecified atom stereocenters. The molecule has 0 bridgehead atoms. The molecule has 0 aliphatic carbocycles. The highest BCUT2D eigenvalue weighted by atomic mass is 127. The van der Waals surface area contributed by atoms with E-state index in [1.165, 1.54) is 24.8 Å². The van der Waals surface area contributed by atoms with Crippen molar-refractivity contribution < 1.29 is 0 Å². The second-order valence-electron chi connectivity index (χ2n) is 5.76. The average molecular weight is 440 g/mol. The van der Waals surface area contributed by atoms with Crippen molar-refractivity contribution in [2.24, 2.45) is 4.99 Å². The van der Waals surface area contributed by atoms with E-state index in [9.17, 15) is 0 Å². The Balaban J connectivity index is 0.00000208. The number of halogens is 1. The molecule has 0 atom stereocenters. The third-order valence-corrected chi connectivity index (χ3v) is 4.13. The second kappa shape index (κ2) is 9.61. The Morgan fingerprint density at radius 2 is 1.88 bits per heavy atom. The second-order valence-corrected chi connectivity index (χ2v) is 5.76. The first-order valence-corrected chi connectivity index (χ1v) is 8.26. The van der Waals surface area contributed by atoms with Crippen LogP contribution in [0.2, 0.25) is 0 Å². The highest BCUT2D eigenvalue weighted by Gasteiger charge is 2.14. The summed E-state index contributed by atoms with van der Waals surface area (Å²) in [6, 6.07) is 10.3. The van der Waals surface area contributed by atoms with Gasteiger partial charge in [-0.3, -0.25) is 4.99 Å². The van der Waals surface area contributed by atoms with Gasteiger partial charge in [0.1, 0.15) is 5.82 Å². The minimum absolute atomic E-state index is 0. The van der Waals surface area contributed by atoms with Crippen LogP contribution in [0.5, 0.6) is 0 Å². The summed E-state index contributed by atoms with van der Waals surface area (Å²) in [5, 5.41) is 15.3. The first-order valence-electron chi connectivity index (χ1n) is 8.26. The fourth-order valence-electron chi connectivity index (χ4n) is 2.84. The van der Waals surface area contributed by atoms with E-state index < -0.39 is 0 Å². The van der Waals surface area contributed by atoms with Gasteiger partial charge >= 0.3 is 0 Å². The number of nitrogens with zero attached hydrogens (tertiary/aromatic N) is 4. The highest BCUT2D eigenvalue weighted by Crippen LogP contribution is 2.14. The topological polar surface area (TPSA) is 67.1 Å². The molecule has 1 aliphatic heterocycles. The third-order valence-electron chi connectivity index (χ3n) is 4.13. The van der Waals surface area contributed by atoms with E-state index in [1.807, 2.05) is 18.2 Å².